The van der Waals surface area contributed by atoms with Crippen LogP contribution < -0.4 is 5.32 Å². The van der Waals surface area contributed by atoms with Gasteiger partial charge < -0.3 is 5.32 Å². The minimum atomic E-state index is -0.398. The first kappa shape index (κ1) is 13.3. The first-order valence-electron chi connectivity index (χ1n) is 6.96. The molecule has 4 rings (SSSR count). The van der Waals surface area contributed by atoms with E-state index in [2.05, 4.69) is 20.1 Å². The van der Waals surface area contributed by atoms with Crippen molar-refractivity contribution in [3.63, 3.8) is 0 Å². The molecule has 1 unspecified atom stereocenters. The Kier molecular flexibility index (Phi) is 3.54. The summed E-state index contributed by atoms with van der Waals surface area (Å²) in [6, 6.07) is 3.71. The van der Waals surface area contributed by atoms with Crippen LogP contribution in [0.4, 0.5) is 11.5 Å². The topological polar surface area (TPSA) is 74.5 Å². The molecule has 1 N–H and O–H groups in total. The van der Waals surface area contributed by atoms with Crippen LogP contribution >= 0.6 is 0 Å². The molecule has 0 aliphatic carbocycles. The van der Waals surface area contributed by atoms with Crippen molar-refractivity contribution in [1.82, 2.24) is 14.8 Å². The third kappa shape index (κ3) is 2.59. The molecule has 2 bridgehead atoms. The highest BCUT2D eigenvalue weighted by molar-refractivity contribution is 5.44. The van der Waals surface area contributed by atoms with Gasteiger partial charge in [-0.05, 0) is 13.0 Å². The fraction of sp³-hybridized carbons (Fsp3) is 0.615. The van der Waals surface area contributed by atoms with Crippen LogP contribution in [0.2, 0.25) is 0 Å². The second-order valence-electron chi connectivity index (χ2n) is 5.43. The molecule has 0 aromatic carbocycles. The first-order chi connectivity index (χ1) is 9.63. The number of pyridine rings is 1. The zero-order valence-corrected chi connectivity index (χ0v) is 11.6. The van der Waals surface area contributed by atoms with Crippen molar-refractivity contribution in [1.29, 1.82) is 0 Å². The molecule has 7 heteroatoms. The Morgan fingerprint density at radius 2 is 2.15 bits per heavy atom. The molecule has 0 radical (unpaired) electrons. The number of aryl methyl sites for hydroxylation is 1. The van der Waals surface area contributed by atoms with Crippen molar-refractivity contribution >= 4 is 11.5 Å². The molecule has 3 fully saturated rings. The Labute approximate surface area is 117 Å². The Bertz CT molecular complexity index is 513. The quantitative estimate of drug-likeness (QED) is 0.645. The molecule has 0 saturated carbocycles. The lowest BCUT2D eigenvalue weighted by Crippen LogP contribution is -2.62. The molecule has 3 aliphatic rings. The third-order valence-electron chi connectivity index (χ3n) is 4.17. The van der Waals surface area contributed by atoms with E-state index in [1.54, 1.807) is 13.0 Å². The molecule has 0 amide bonds. The molecule has 1 atom stereocenters. The summed E-state index contributed by atoms with van der Waals surface area (Å²) in [5.74, 6) is 0.714. The average molecular weight is 277 g/mol. The van der Waals surface area contributed by atoms with Crippen molar-refractivity contribution in [2.45, 2.75) is 13.0 Å². The van der Waals surface area contributed by atoms with E-state index < -0.39 is 4.92 Å². The van der Waals surface area contributed by atoms with Gasteiger partial charge in [0.1, 0.15) is 11.5 Å². The van der Waals surface area contributed by atoms with Gasteiger partial charge in [0.25, 0.3) is 5.69 Å². The Hall–Kier alpha value is -1.73. The lowest BCUT2D eigenvalue weighted by Gasteiger charge is -2.47. The van der Waals surface area contributed by atoms with Crippen LogP contribution in [0.15, 0.2) is 12.1 Å². The summed E-state index contributed by atoms with van der Waals surface area (Å²) in [6.45, 7) is 8.22. The summed E-state index contributed by atoms with van der Waals surface area (Å²) in [6.07, 6.45) is 0. The number of nitro groups is 1. The van der Waals surface area contributed by atoms with Crippen LogP contribution in [0.1, 0.15) is 5.69 Å². The molecular formula is C13H19N5O2. The predicted octanol–water partition coefficient (Wildman–Crippen LogP) is 0.710. The zero-order valence-electron chi connectivity index (χ0n) is 11.6. The van der Waals surface area contributed by atoms with Crippen LogP contribution in [0.5, 0.6) is 0 Å². The van der Waals surface area contributed by atoms with Crippen molar-refractivity contribution in [3.8, 4) is 0 Å². The van der Waals surface area contributed by atoms with Crippen LogP contribution in [0.3, 0.4) is 0 Å². The molecule has 0 spiro atoms. The molecule has 1 aromatic rings. The van der Waals surface area contributed by atoms with Gasteiger partial charge in [0.2, 0.25) is 0 Å². The number of hydrogen-bond donors (Lipinski definition) is 1. The van der Waals surface area contributed by atoms with E-state index in [1.165, 1.54) is 19.2 Å². The van der Waals surface area contributed by atoms with Crippen molar-refractivity contribution in [3.05, 3.63) is 27.9 Å². The van der Waals surface area contributed by atoms with Gasteiger partial charge >= 0.3 is 0 Å². The standard InChI is InChI=1S/C13H19N5O2/c1-10-12(18(19)20)2-3-13(15-10)14-8-11-9-16-4-6-17(11)7-5-16/h2-3,11H,4-9H2,1H3,(H,14,15). The van der Waals surface area contributed by atoms with Crippen molar-refractivity contribution < 1.29 is 4.92 Å². The maximum absolute atomic E-state index is 10.8. The van der Waals surface area contributed by atoms with Crippen LogP contribution in [0.25, 0.3) is 0 Å². The summed E-state index contributed by atoms with van der Waals surface area (Å²) >= 11 is 0. The van der Waals surface area contributed by atoms with Crippen LogP contribution in [0, 0.1) is 17.0 Å². The predicted molar refractivity (Wildman–Crippen MR) is 75.9 cm³/mol. The number of aromatic nitrogens is 1. The van der Waals surface area contributed by atoms with Gasteiger partial charge in [-0.1, -0.05) is 0 Å². The van der Waals surface area contributed by atoms with Gasteiger partial charge in [0.15, 0.2) is 0 Å². The lowest BCUT2D eigenvalue weighted by molar-refractivity contribution is -0.385. The van der Waals surface area contributed by atoms with Crippen LogP contribution in [-0.4, -0.2) is 65.0 Å². The molecular weight excluding hydrogens is 258 g/mol. The SMILES string of the molecule is Cc1nc(NCC2CN3CCN2CC3)ccc1[N+](=O)[O-]. The Balaban J connectivity index is 1.61. The highest BCUT2D eigenvalue weighted by Gasteiger charge is 2.31. The molecule has 4 heterocycles. The number of anilines is 1. The maximum atomic E-state index is 10.8. The summed E-state index contributed by atoms with van der Waals surface area (Å²) in [5, 5.41) is 14.1. The monoisotopic (exact) mass is 277 g/mol. The van der Waals surface area contributed by atoms with Gasteiger partial charge in [-0.3, -0.25) is 19.9 Å². The normalized spacial score (nSPS) is 28.4. The minimum Gasteiger partial charge on any atom is -0.368 e. The summed E-state index contributed by atoms with van der Waals surface area (Å²) < 4.78 is 0. The second-order valence-corrected chi connectivity index (χ2v) is 5.43. The smallest absolute Gasteiger partial charge is 0.290 e. The van der Waals surface area contributed by atoms with Gasteiger partial charge in [-0.15, -0.1) is 0 Å². The number of nitrogens with zero attached hydrogens (tertiary/aromatic N) is 4. The van der Waals surface area contributed by atoms with Crippen molar-refractivity contribution in [2.75, 3.05) is 44.6 Å². The van der Waals surface area contributed by atoms with E-state index in [-0.39, 0.29) is 5.69 Å². The summed E-state index contributed by atoms with van der Waals surface area (Å²) in [7, 11) is 0. The van der Waals surface area contributed by atoms with Gasteiger partial charge in [0, 0.05) is 51.4 Å². The molecule has 20 heavy (non-hydrogen) atoms. The van der Waals surface area contributed by atoms with E-state index in [4.69, 9.17) is 0 Å². The van der Waals surface area contributed by atoms with Gasteiger partial charge in [-0.2, -0.15) is 0 Å². The molecule has 3 saturated heterocycles. The fourth-order valence-corrected chi connectivity index (χ4v) is 2.99. The van der Waals surface area contributed by atoms with E-state index in [9.17, 15) is 10.1 Å². The average Bonchev–Trinajstić information content (AvgIpc) is 2.46. The highest BCUT2D eigenvalue weighted by Crippen LogP contribution is 2.19. The van der Waals surface area contributed by atoms with E-state index in [1.807, 2.05) is 0 Å². The zero-order chi connectivity index (χ0) is 14.1. The van der Waals surface area contributed by atoms with Gasteiger partial charge in [-0.25, -0.2) is 4.98 Å². The van der Waals surface area contributed by atoms with E-state index in [0.29, 0.717) is 17.6 Å². The number of fused-ring (bicyclic) bond motifs is 3. The maximum Gasteiger partial charge on any atom is 0.290 e. The Morgan fingerprint density at radius 3 is 2.70 bits per heavy atom. The largest absolute Gasteiger partial charge is 0.368 e. The van der Waals surface area contributed by atoms with E-state index in [0.717, 1.165) is 26.2 Å². The summed E-state index contributed by atoms with van der Waals surface area (Å²) in [5.41, 5.74) is 0.524. The molecule has 108 valence electrons. The fourth-order valence-electron chi connectivity index (χ4n) is 2.99. The van der Waals surface area contributed by atoms with Gasteiger partial charge in [0.05, 0.1) is 4.92 Å². The lowest BCUT2D eigenvalue weighted by atomic mass is 10.1. The number of hydrogen-bond acceptors (Lipinski definition) is 6. The van der Waals surface area contributed by atoms with Crippen LogP contribution in [-0.2, 0) is 0 Å². The molecule has 1 aromatic heterocycles. The molecule has 7 nitrogen and oxygen atoms in total. The number of piperazine rings is 3. The minimum absolute atomic E-state index is 0.0714. The Morgan fingerprint density at radius 1 is 1.40 bits per heavy atom. The van der Waals surface area contributed by atoms with E-state index >= 15 is 0 Å². The first-order valence-corrected chi connectivity index (χ1v) is 6.96. The number of rotatable bonds is 4. The molecule has 3 aliphatic heterocycles. The number of nitrogens with one attached hydrogen (secondary N) is 1. The third-order valence-corrected chi connectivity index (χ3v) is 4.17. The highest BCUT2D eigenvalue weighted by atomic mass is 16.6. The van der Waals surface area contributed by atoms with Crippen molar-refractivity contribution in [2.24, 2.45) is 0 Å². The summed E-state index contributed by atoms with van der Waals surface area (Å²) in [4.78, 5) is 19.6. The second kappa shape index (κ2) is 5.34.